The number of aromatic nitrogens is 2. The van der Waals surface area contributed by atoms with E-state index in [9.17, 15) is 9.18 Å². The molecule has 0 aliphatic carbocycles. The lowest BCUT2D eigenvalue weighted by Crippen LogP contribution is -2.62. The fraction of sp³-hybridized carbons (Fsp3) is 0.464. The fourth-order valence-corrected chi connectivity index (χ4v) is 6.24. The Morgan fingerprint density at radius 1 is 1.21 bits per heavy atom. The number of piperidine rings is 1. The molecule has 11 heteroatoms. The molecule has 2 fully saturated rings. The maximum Gasteiger partial charge on any atom is 0.278 e. The van der Waals surface area contributed by atoms with Crippen molar-refractivity contribution < 1.29 is 23.1 Å². The Hall–Kier alpha value is -3.21. The van der Waals surface area contributed by atoms with E-state index in [4.69, 9.17) is 21.1 Å². The van der Waals surface area contributed by atoms with Gasteiger partial charge in [-0.2, -0.15) is 0 Å². The zero-order chi connectivity index (χ0) is 27.7. The van der Waals surface area contributed by atoms with Crippen molar-refractivity contribution in [1.82, 2.24) is 20.2 Å². The molecule has 2 N–H and O–H groups in total. The summed E-state index contributed by atoms with van der Waals surface area (Å²) in [5, 5.41) is 6.56. The molecule has 2 aliphatic rings. The van der Waals surface area contributed by atoms with Gasteiger partial charge in [0.2, 0.25) is 0 Å². The van der Waals surface area contributed by atoms with Gasteiger partial charge >= 0.3 is 0 Å². The third-order valence-corrected chi connectivity index (χ3v) is 8.58. The van der Waals surface area contributed by atoms with Gasteiger partial charge in [-0.05, 0) is 25.2 Å². The molecule has 39 heavy (non-hydrogen) atoms. The number of carbonyl (C=O) groups is 1. The Balaban J connectivity index is 1.46. The number of fused-ring (bicyclic) bond motifs is 1. The molecule has 2 saturated heterocycles. The summed E-state index contributed by atoms with van der Waals surface area (Å²) in [6.07, 6.45) is 3.88. The highest BCUT2D eigenvalue weighted by Gasteiger charge is 2.53. The number of carbonyl (C=O) groups excluding carboxylic acids is 1. The Morgan fingerprint density at radius 3 is 2.69 bits per heavy atom. The van der Waals surface area contributed by atoms with Crippen LogP contribution < -0.4 is 20.1 Å². The van der Waals surface area contributed by atoms with Crippen LogP contribution in [0.3, 0.4) is 0 Å². The number of amides is 1. The van der Waals surface area contributed by atoms with E-state index in [0.29, 0.717) is 51.7 Å². The van der Waals surface area contributed by atoms with Crippen molar-refractivity contribution in [3.8, 4) is 11.5 Å². The van der Waals surface area contributed by atoms with Crippen molar-refractivity contribution in [3.05, 3.63) is 47.5 Å². The SMILES string of the molecule is CNC(=O)[C@H]1C[C@H](Oc2cc3c(Nc4cccc(Cl)c4F)ncnc3cc2OC)C[N+]1(C)C1CCN(C)CC1. The van der Waals surface area contributed by atoms with Crippen molar-refractivity contribution in [3.63, 3.8) is 0 Å². The van der Waals surface area contributed by atoms with Crippen LogP contribution in [0, 0.1) is 5.82 Å². The van der Waals surface area contributed by atoms with Gasteiger partial charge in [-0.15, -0.1) is 0 Å². The van der Waals surface area contributed by atoms with Crippen molar-refractivity contribution in [2.45, 2.75) is 37.5 Å². The summed E-state index contributed by atoms with van der Waals surface area (Å²) in [6, 6.07) is 8.52. The standard InChI is InChI=1S/C28H34ClFN6O3/c1-31-28(37)23-12-18(15-36(23,3)17-8-10-35(2)11-9-17)39-25-13-19-22(14-24(25)38-4)32-16-33-27(19)34-21-7-5-6-20(29)26(21)30/h5-7,13-14,16-18,23H,8-12,15H2,1-4H3,(H-,31,32,33,34,37)/p+1/t18-,23+,36?/m0/s1. The summed E-state index contributed by atoms with van der Waals surface area (Å²) in [5.41, 5.74) is 0.817. The first-order chi connectivity index (χ1) is 18.7. The molecule has 1 aromatic heterocycles. The van der Waals surface area contributed by atoms with E-state index in [1.54, 1.807) is 32.4 Å². The first-order valence-electron chi connectivity index (χ1n) is 13.2. The molecule has 3 atom stereocenters. The van der Waals surface area contributed by atoms with Gasteiger partial charge in [0.15, 0.2) is 29.5 Å². The second-order valence-corrected chi connectivity index (χ2v) is 11.0. The third-order valence-electron chi connectivity index (χ3n) is 8.29. The maximum absolute atomic E-state index is 14.6. The molecule has 9 nitrogen and oxygen atoms in total. The van der Waals surface area contributed by atoms with E-state index in [1.165, 1.54) is 12.4 Å². The summed E-state index contributed by atoms with van der Waals surface area (Å²) in [5.74, 6) is 0.935. The van der Waals surface area contributed by atoms with Crippen molar-refractivity contribution in [1.29, 1.82) is 0 Å². The van der Waals surface area contributed by atoms with E-state index in [1.807, 2.05) is 6.07 Å². The van der Waals surface area contributed by atoms with Crippen LogP contribution in [0.2, 0.25) is 5.02 Å². The number of halogens is 2. The highest BCUT2D eigenvalue weighted by atomic mass is 35.5. The summed E-state index contributed by atoms with van der Waals surface area (Å²) in [4.78, 5) is 24.1. The van der Waals surface area contributed by atoms with Crippen LogP contribution in [0.4, 0.5) is 15.9 Å². The van der Waals surface area contributed by atoms with Gasteiger partial charge in [0, 0.05) is 44.4 Å². The molecule has 1 unspecified atom stereocenters. The normalized spacial score (nSPS) is 24.1. The maximum atomic E-state index is 14.6. The summed E-state index contributed by atoms with van der Waals surface area (Å²) >= 11 is 5.97. The molecule has 3 heterocycles. The number of quaternary nitrogens is 1. The number of likely N-dealkylation sites (tertiary alicyclic amines) is 2. The number of methoxy groups -OCH3 is 1. The zero-order valence-electron chi connectivity index (χ0n) is 22.7. The molecule has 1 amide bonds. The smallest absolute Gasteiger partial charge is 0.278 e. The summed E-state index contributed by atoms with van der Waals surface area (Å²) in [7, 11) is 7.60. The minimum atomic E-state index is -0.562. The molecule has 208 valence electrons. The number of anilines is 2. The molecular weight excluding hydrogens is 523 g/mol. The van der Waals surface area contributed by atoms with Gasteiger partial charge in [-0.1, -0.05) is 17.7 Å². The van der Waals surface area contributed by atoms with Crippen LogP contribution >= 0.6 is 11.6 Å². The Bertz CT molecular complexity index is 1370. The predicted molar refractivity (Wildman–Crippen MR) is 149 cm³/mol. The second kappa shape index (κ2) is 11.1. The summed E-state index contributed by atoms with van der Waals surface area (Å²) in [6.45, 7) is 2.75. The number of rotatable bonds is 7. The van der Waals surface area contributed by atoms with Gasteiger partial charge in [-0.25, -0.2) is 14.4 Å². The first-order valence-corrected chi connectivity index (χ1v) is 13.6. The highest BCUT2D eigenvalue weighted by Crippen LogP contribution is 2.39. The number of likely N-dealkylation sites (N-methyl/N-ethyl adjacent to an activating group) is 2. The lowest BCUT2D eigenvalue weighted by molar-refractivity contribution is -0.938. The minimum absolute atomic E-state index is 0.0155. The van der Waals surface area contributed by atoms with E-state index in [-0.39, 0.29) is 28.8 Å². The van der Waals surface area contributed by atoms with Crippen LogP contribution in [0.15, 0.2) is 36.7 Å². The lowest BCUT2D eigenvalue weighted by Gasteiger charge is -2.45. The minimum Gasteiger partial charge on any atom is -0.493 e. The molecule has 2 aromatic carbocycles. The van der Waals surface area contributed by atoms with Gasteiger partial charge < -0.3 is 29.5 Å². The van der Waals surface area contributed by atoms with Crippen molar-refractivity contribution in [2.75, 3.05) is 53.2 Å². The van der Waals surface area contributed by atoms with Gasteiger partial charge in [0.1, 0.15) is 18.7 Å². The van der Waals surface area contributed by atoms with Gasteiger partial charge in [0.25, 0.3) is 5.91 Å². The van der Waals surface area contributed by atoms with Crippen LogP contribution in [-0.2, 0) is 4.79 Å². The first kappa shape index (κ1) is 27.4. The highest BCUT2D eigenvalue weighted by molar-refractivity contribution is 6.31. The molecule has 2 aliphatic heterocycles. The van der Waals surface area contributed by atoms with Crippen molar-refractivity contribution >= 4 is 39.9 Å². The lowest BCUT2D eigenvalue weighted by atomic mass is 9.99. The Labute approximate surface area is 232 Å². The average Bonchev–Trinajstić information content (AvgIpc) is 3.27. The number of ether oxygens (including phenoxy) is 2. The Morgan fingerprint density at radius 2 is 1.97 bits per heavy atom. The van der Waals surface area contributed by atoms with E-state index in [0.717, 1.165) is 25.9 Å². The average molecular weight is 558 g/mol. The molecular formula is C28H35ClFN6O3+. The molecule has 5 rings (SSSR count). The number of hydrogen-bond donors (Lipinski definition) is 2. The predicted octanol–water partition coefficient (Wildman–Crippen LogP) is 3.98. The fourth-order valence-electron chi connectivity index (χ4n) is 6.07. The van der Waals surface area contributed by atoms with Gasteiger partial charge in [-0.3, -0.25) is 4.79 Å². The quantitative estimate of drug-likeness (QED) is 0.425. The molecule has 3 aromatic rings. The van der Waals surface area contributed by atoms with E-state index >= 15 is 0 Å². The van der Waals surface area contributed by atoms with E-state index < -0.39 is 5.82 Å². The van der Waals surface area contributed by atoms with Crippen LogP contribution in [0.5, 0.6) is 11.5 Å². The van der Waals surface area contributed by atoms with Crippen LogP contribution in [0.1, 0.15) is 19.3 Å². The topological polar surface area (TPSA) is 88.6 Å². The molecule has 0 saturated carbocycles. The molecule has 0 spiro atoms. The number of benzene rings is 2. The number of nitrogens with zero attached hydrogens (tertiary/aromatic N) is 4. The summed E-state index contributed by atoms with van der Waals surface area (Å²) < 4.78 is 27.5. The third kappa shape index (κ3) is 5.33. The largest absolute Gasteiger partial charge is 0.493 e. The monoisotopic (exact) mass is 557 g/mol. The zero-order valence-corrected chi connectivity index (χ0v) is 23.5. The number of hydrogen-bond acceptors (Lipinski definition) is 7. The van der Waals surface area contributed by atoms with E-state index in [2.05, 4.69) is 39.6 Å². The van der Waals surface area contributed by atoms with Crippen LogP contribution in [0.25, 0.3) is 10.9 Å². The molecule has 0 radical (unpaired) electrons. The second-order valence-electron chi connectivity index (χ2n) is 10.6. The molecule has 0 bridgehead atoms. The van der Waals surface area contributed by atoms with Crippen molar-refractivity contribution in [2.24, 2.45) is 0 Å². The Kier molecular flexibility index (Phi) is 7.80. The number of nitrogens with one attached hydrogen (secondary N) is 2. The van der Waals surface area contributed by atoms with Crippen LogP contribution in [-0.4, -0.2) is 91.3 Å². The van der Waals surface area contributed by atoms with Gasteiger partial charge in [0.05, 0.1) is 42.8 Å².